The van der Waals surface area contributed by atoms with E-state index in [1.165, 1.54) is 6.07 Å². The molecule has 0 bridgehead atoms. The standard InChI is InChI=1S/C14H21BrN2O3S/c1-9-11(15)6-10(7-12(9)21(16,19)20)13(18)17(5)8-14(2,3)4/h6-7H,8H2,1-5H3,(H2,16,19,20). The molecule has 1 aromatic carbocycles. The molecule has 1 rings (SSSR count). The number of carbonyl (C=O) groups is 1. The number of halogens is 1. The molecule has 0 fully saturated rings. The summed E-state index contributed by atoms with van der Waals surface area (Å²) in [6, 6.07) is 2.95. The largest absolute Gasteiger partial charge is 0.341 e. The highest BCUT2D eigenvalue weighted by atomic mass is 79.9. The van der Waals surface area contributed by atoms with Crippen LogP contribution >= 0.6 is 15.9 Å². The van der Waals surface area contributed by atoms with Gasteiger partial charge in [-0.15, -0.1) is 0 Å². The van der Waals surface area contributed by atoms with E-state index in [0.29, 0.717) is 22.1 Å². The third-order valence-electron chi connectivity index (χ3n) is 2.91. The van der Waals surface area contributed by atoms with E-state index >= 15 is 0 Å². The van der Waals surface area contributed by atoms with Gasteiger partial charge < -0.3 is 4.90 Å². The van der Waals surface area contributed by atoms with Gasteiger partial charge in [0.15, 0.2) is 0 Å². The highest BCUT2D eigenvalue weighted by Gasteiger charge is 2.22. The summed E-state index contributed by atoms with van der Waals surface area (Å²) in [7, 11) is -2.18. The molecule has 0 saturated carbocycles. The lowest BCUT2D eigenvalue weighted by molar-refractivity contribution is 0.0745. The molecule has 0 heterocycles. The Morgan fingerprint density at radius 3 is 2.29 bits per heavy atom. The van der Waals surface area contributed by atoms with Crippen molar-refractivity contribution in [2.24, 2.45) is 10.6 Å². The monoisotopic (exact) mass is 376 g/mol. The molecule has 0 spiro atoms. The molecule has 0 saturated heterocycles. The number of sulfonamides is 1. The number of amides is 1. The lowest BCUT2D eigenvalue weighted by atomic mass is 9.96. The normalized spacial score (nSPS) is 12.3. The van der Waals surface area contributed by atoms with Crippen molar-refractivity contribution in [3.05, 3.63) is 27.7 Å². The fourth-order valence-electron chi connectivity index (χ4n) is 2.08. The number of rotatable bonds is 3. The summed E-state index contributed by atoms with van der Waals surface area (Å²) in [6.07, 6.45) is 0. The van der Waals surface area contributed by atoms with Crippen LogP contribution in [0.25, 0.3) is 0 Å². The van der Waals surface area contributed by atoms with Crippen LogP contribution in [0.2, 0.25) is 0 Å². The van der Waals surface area contributed by atoms with Crippen LogP contribution in [0.5, 0.6) is 0 Å². The Labute approximate surface area is 134 Å². The molecule has 0 atom stereocenters. The maximum absolute atomic E-state index is 12.4. The van der Waals surface area contributed by atoms with Gasteiger partial charge in [-0.25, -0.2) is 13.6 Å². The average Bonchev–Trinajstić information content (AvgIpc) is 2.27. The van der Waals surface area contributed by atoms with Crippen LogP contribution in [0.15, 0.2) is 21.5 Å². The van der Waals surface area contributed by atoms with Crippen molar-refractivity contribution in [3.8, 4) is 0 Å². The highest BCUT2D eigenvalue weighted by Crippen LogP contribution is 2.26. The minimum Gasteiger partial charge on any atom is -0.341 e. The van der Waals surface area contributed by atoms with Crippen molar-refractivity contribution in [2.45, 2.75) is 32.6 Å². The second-order valence-corrected chi connectivity index (χ2v) is 8.73. The average molecular weight is 377 g/mol. The van der Waals surface area contributed by atoms with E-state index in [0.717, 1.165) is 0 Å². The molecule has 0 aliphatic carbocycles. The van der Waals surface area contributed by atoms with Crippen LogP contribution in [0, 0.1) is 12.3 Å². The molecule has 0 aromatic heterocycles. The summed E-state index contributed by atoms with van der Waals surface area (Å²) >= 11 is 3.28. The molecule has 1 aromatic rings. The van der Waals surface area contributed by atoms with Crippen molar-refractivity contribution in [1.82, 2.24) is 4.90 Å². The van der Waals surface area contributed by atoms with Crippen LogP contribution in [0.1, 0.15) is 36.7 Å². The van der Waals surface area contributed by atoms with E-state index in [-0.39, 0.29) is 16.2 Å². The topological polar surface area (TPSA) is 80.5 Å². The van der Waals surface area contributed by atoms with Gasteiger partial charge in [0.05, 0.1) is 4.90 Å². The van der Waals surface area contributed by atoms with Crippen molar-refractivity contribution in [1.29, 1.82) is 0 Å². The summed E-state index contributed by atoms with van der Waals surface area (Å²) < 4.78 is 23.8. The molecule has 118 valence electrons. The molecule has 0 aliphatic rings. The van der Waals surface area contributed by atoms with Crippen LogP contribution in [0.3, 0.4) is 0 Å². The van der Waals surface area contributed by atoms with Crippen LogP contribution in [-0.2, 0) is 10.0 Å². The Morgan fingerprint density at radius 1 is 1.33 bits per heavy atom. The first-order valence-corrected chi connectivity index (χ1v) is 8.75. The molecule has 0 unspecified atom stereocenters. The molecular formula is C14H21BrN2O3S. The molecule has 0 radical (unpaired) electrons. The molecule has 0 aliphatic heterocycles. The van der Waals surface area contributed by atoms with Gasteiger partial charge in [0, 0.05) is 23.6 Å². The first-order valence-electron chi connectivity index (χ1n) is 6.41. The smallest absolute Gasteiger partial charge is 0.253 e. The Bertz CT molecular complexity index is 664. The zero-order valence-corrected chi connectivity index (χ0v) is 15.3. The van der Waals surface area contributed by atoms with Gasteiger partial charge in [0.2, 0.25) is 10.0 Å². The second kappa shape index (κ2) is 6.06. The van der Waals surface area contributed by atoms with Crippen LogP contribution in [-0.4, -0.2) is 32.8 Å². The summed E-state index contributed by atoms with van der Waals surface area (Å²) in [6.45, 7) is 8.27. The Balaban J connectivity index is 3.27. The molecule has 1 amide bonds. The second-order valence-electron chi connectivity index (χ2n) is 6.35. The molecule has 2 N–H and O–H groups in total. The number of nitrogens with zero attached hydrogens (tertiary/aromatic N) is 1. The lowest BCUT2D eigenvalue weighted by Crippen LogP contribution is -2.34. The summed E-state index contributed by atoms with van der Waals surface area (Å²) in [5, 5.41) is 5.20. The summed E-state index contributed by atoms with van der Waals surface area (Å²) in [5.41, 5.74) is 0.741. The van der Waals surface area contributed by atoms with Crippen molar-refractivity contribution < 1.29 is 13.2 Å². The number of primary sulfonamides is 1. The number of hydrogen-bond donors (Lipinski definition) is 1. The number of nitrogens with two attached hydrogens (primary N) is 1. The van der Waals surface area contributed by atoms with Gasteiger partial charge in [-0.3, -0.25) is 4.79 Å². The van der Waals surface area contributed by atoms with E-state index < -0.39 is 10.0 Å². The Kier molecular flexibility index (Phi) is 5.23. The number of hydrogen-bond acceptors (Lipinski definition) is 3. The van der Waals surface area contributed by atoms with Crippen molar-refractivity contribution in [2.75, 3.05) is 13.6 Å². The fraction of sp³-hybridized carbons (Fsp3) is 0.500. The SMILES string of the molecule is Cc1c(Br)cc(C(=O)N(C)CC(C)(C)C)cc1S(N)(=O)=O. The van der Waals surface area contributed by atoms with Crippen molar-refractivity contribution in [3.63, 3.8) is 0 Å². The predicted molar refractivity (Wildman–Crippen MR) is 86.7 cm³/mol. The van der Waals surface area contributed by atoms with E-state index in [9.17, 15) is 13.2 Å². The summed E-state index contributed by atoms with van der Waals surface area (Å²) in [4.78, 5) is 14.0. The molecular weight excluding hydrogens is 356 g/mol. The van der Waals surface area contributed by atoms with E-state index in [4.69, 9.17) is 5.14 Å². The molecule has 5 nitrogen and oxygen atoms in total. The number of benzene rings is 1. The van der Waals surface area contributed by atoms with Crippen LogP contribution < -0.4 is 5.14 Å². The highest BCUT2D eigenvalue weighted by molar-refractivity contribution is 9.10. The maximum atomic E-state index is 12.4. The van der Waals surface area contributed by atoms with Gasteiger partial charge in [0.25, 0.3) is 5.91 Å². The zero-order valence-electron chi connectivity index (χ0n) is 12.9. The van der Waals surface area contributed by atoms with Gasteiger partial charge >= 0.3 is 0 Å². The Morgan fingerprint density at radius 2 is 1.86 bits per heavy atom. The number of carbonyl (C=O) groups excluding carboxylic acids is 1. The lowest BCUT2D eigenvalue weighted by Gasteiger charge is -2.27. The first kappa shape index (κ1) is 18.1. The third-order valence-corrected chi connectivity index (χ3v) is 4.77. The molecule has 7 heteroatoms. The summed E-state index contributed by atoms with van der Waals surface area (Å²) in [5.74, 6) is -0.240. The van der Waals surface area contributed by atoms with Gasteiger partial charge in [-0.05, 0) is 30.0 Å². The zero-order chi connectivity index (χ0) is 16.6. The quantitative estimate of drug-likeness (QED) is 0.879. The van der Waals surface area contributed by atoms with E-state index in [2.05, 4.69) is 15.9 Å². The van der Waals surface area contributed by atoms with Gasteiger partial charge in [-0.1, -0.05) is 36.7 Å². The molecule has 21 heavy (non-hydrogen) atoms. The Hall–Kier alpha value is -0.920. The van der Waals surface area contributed by atoms with Crippen molar-refractivity contribution >= 4 is 31.9 Å². The predicted octanol–water partition coefficient (Wildman–Crippen LogP) is 2.52. The van der Waals surface area contributed by atoms with Gasteiger partial charge in [-0.2, -0.15) is 0 Å². The minimum absolute atomic E-state index is 0.0376. The van der Waals surface area contributed by atoms with E-state index in [1.54, 1.807) is 24.9 Å². The van der Waals surface area contributed by atoms with Crippen LogP contribution in [0.4, 0.5) is 0 Å². The maximum Gasteiger partial charge on any atom is 0.253 e. The van der Waals surface area contributed by atoms with E-state index in [1.807, 2.05) is 20.8 Å². The third kappa shape index (κ3) is 4.79. The van der Waals surface area contributed by atoms with Gasteiger partial charge in [0.1, 0.15) is 0 Å². The first-order chi connectivity index (χ1) is 9.33. The minimum atomic E-state index is -3.87. The fourth-order valence-corrected chi connectivity index (χ4v) is 3.50.